The number of hydrogen-bond donors (Lipinski definition) is 0. The largest absolute Gasteiger partial charge is 0.378 e. The molecule has 4 rings (SSSR count). The van der Waals surface area contributed by atoms with Crippen molar-refractivity contribution in [3.8, 4) is 6.07 Å². The van der Waals surface area contributed by atoms with Crippen molar-refractivity contribution in [1.82, 2.24) is 15.0 Å². The molecule has 29 heavy (non-hydrogen) atoms. The van der Waals surface area contributed by atoms with E-state index in [9.17, 15) is 0 Å². The van der Waals surface area contributed by atoms with Crippen LogP contribution >= 0.6 is 11.6 Å². The third-order valence-corrected chi connectivity index (χ3v) is 5.82. The van der Waals surface area contributed by atoms with Gasteiger partial charge in [0.1, 0.15) is 17.7 Å². The second kappa shape index (κ2) is 8.80. The van der Waals surface area contributed by atoms with E-state index in [0.717, 1.165) is 56.6 Å². The van der Waals surface area contributed by atoms with Crippen LogP contribution in [-0.4, -0.2) is 67.4 Å². The molecule has 4 heterocycles. The Morgan fingerprint density at radius 2 is 1.93 bits per heavy atom. The fraction of sp³-hybridized carbons (Fsp3) is 0.500. The van der Waals surface area contributed by atoms with Gasteiger partial charge in [-0.1, -0.05) is 11.6 Å². The van der Waals surface area contributed by atoms with Gasteiger partial charge in [-0.05, 0) is 25.0 Å². The summed E-state index contributed by atoms with van der Waals surface area (Å²) in [5.74, 6) is 2.46. The number of rotatable bonds is 4. The number of ether oxygens (including phenoxy) is 1. The van der Waals surface area contributed by atoms with E-state index in [2.05, 4.69) is 37.8 Å². The van der Waals surface area contributed by atoms with Crippen LogP contribution in [0.4, 0.5) is 17.6 Å². The molecule has 2 fully saturated rings. The van der Waals surface area contributed by atoms with E-state index < -0.39 is 0 Å². The minimum atomic E-state index is 0.385. The van der Waals surface area contributed by atoms with E-state index in [1.807, 2.05) is 12.3 Å². The third-order valence-electron chi connectivity index (χ3n) is 5.55. The first-order valence-electron chi connectivity index (χ1n) is 9.85. The number of halogens is 1. The number of nitriles is 1. The highest BCUT2D eigenvalue weighted by Crippen LogP contribution is 2.29. The highest BCUT2D eigenvalue weighted by atomic mass is 35.5. The molecule has 0 bridgehead atoms. The van der Waals surface area contributed by atoms with Gasteiger partial charge in [0.25, 0.3) is 0 Å². The highest BCUT2D eigenvalue weighted by molar-refractivity contribution is 6.33. The zero-order valence-corrected chi connectivity index (χ0v) is 17.2. The molecule has 2 saturated heterocycles. The lowest BCUT2D eigenvalue weighted by Crippen LogP contribution is -2.44. The SMILES string of the molecule is CN(c1ccnc(N2CCOCC2)n1)C1CCN(c2ncc(C#N)cc2Cl)CC1. The van der Waals surface area contributed by atoms with Crippen molar-refractivity contribution in [3.05, 3.63) is 35.1 Å². The van der Waals surface area contributed by atoms with Crippen LogP contribution in [0.3, 0.4) is 0 Å². The second-order valence-electron chi connectivity index (χ2n) is 7.28. The van der Waals surface area contributed by atoms with Crippen molar-refractivity contribution in [2.24, 2.45) is 0 Å². The van der Waals surface area contributed by atoms with Crippen LogP contribution in [0.1, 0.15) is 18.4 Å². The van der Waals surface area contributed by atoms with Crippen LogP contribution < -0.4 is 14.7 Å². The Morgan fingerprint density at radius 1 is 1.17 bits per heavy atom. The van der Waals surface area contributed by atoms with Crippen LogP contribution in [0.5, 0.6) is 0 Å². The van der Waals surface area contributed by atoms with E-state index >= 15 is 0 Å². The van der Waals surface area contributed by atoms with Gasteiger partial charge in [-0.15, -0.1) is 0 Å². The quantitative estimate of drug-likeness (QED) is 0.755. The molecular formula is C20H24ClN7O. The summed E-state index contributed by atoms with van der Waals surface area (Å²) >= 11 is 6.33. The summed E-state index contributed by atoms with van der Waals surface area (Å²) in [4.78, 5) is 20.2. The number of piperidine rings is 1. The van der Waals surface area contributed by atoms with Crippen LogP contribution in [0.15, 0.2) is 24.5 Å². The fourth-order valence-corrected chi connectivity index (χ4v) is 4.11. The van der Waals surface area contributed by atoms with Gasteiger partial charge in [0.05, 0.1) is 23.8 Å². The Morgan fingerprint density at radius 3 is 2.62 bits per heavy atom. The molecule has 0 radical (unpaired) electrons. The number of hydrogen-bond acceptors (Lipinski definition) is 8. The molecule has 0 aromatic carbocycles. The average molecular weight is 414 g/mol. The Balaban J connectivity index is 1.40. The first kappa shape index (κ1) is 19.7. The molecule has 0 saturated carbocycles. The Kier molecular flexibility index (Phi) is 5.97. The summed E-state index contributed by atoms with van der Waals surface area (Å²) in [5.41, 5.74) is 0.480. The molecule has 2 aromatic heterocycles. The summed E-state index contributed by atoms with van der Waals surface area (Å²) in [6.45, 7) is 4.79. The lowest BCUT2D eigenvalue weighted by Gasteiger charge is -2.38. The topological polar surface area (TPSA) is 81.4 Å². The van der Waals surface area contributed by atoms with E-state index in [0.29, 0.717) is 29.8 Å². The lowest BCUT2D eigenvalue weighted by molar-refractivity contribution is 0.122. The van der Waals surface area contributed by atoms with Gasteiger partial charge >= 0.3 is 0 Å². The molecule has 0 aliphatic carbocycles. The molecule has 0 atom stereocenters. The summed E-state index contributed by atoms with van der Waals surface area (Å²) in [7, 11) is 2.10. The number of morpholine rings is 1. The van der Waals surface area contributed by atoms with E-state index in [-0.39, 0.29) is 0 Å². The van der Waals surface area contributed by atoms with E-state index in [1.165, 1.54) is 0 Å². The van der Waals surface area contributed by atoms with Crippen LogP contribution in [0, 0.1) is 11.3 Å². The zero-order valence-electron chi connectivity index (χ0n) is 16.5. The van der Waals surface area contributed by atoms with Crippen LogP contribution in [0.25, 0.3) is 0 Å². The van der Waals surface area contributed by atoms with Crippen molar-refractivity contribution >= 4 is 29.2 Å². The van der Waals surface area contributed by atoms with Crippen molar-refractivity contribution in [3.63, 3.8) is 0 Å². The summed E-state index contributed by atoms with van der Waals surface area (Å²) < 4.78 is 5.42. The van der Waals surface area contributed by atoms with Gasteiger partial charge < -0.3 is 19.4 Å². The number of anilines is 3. The molecule has 152 valence electrons. The van der Waals surface area contributed by atoms with Gasteiger partial charge in [0, 0.05) is 51.7 Å². The maximum atomic E-state index is 8.98. The Bertz CT molecular complexity index is 889. The predicted molar refractivity (Wildman–Crippen MR) is 113 cm³/mol. The van der Waals surface area contributed by atoms with Crippen LogP contribution in [-0.2, 0) is 4.74 Å². The van der Waals surface area contributed by atoms with Crippen molar-refractivity contribution in [1.29, 1.82) is 5.26 Å². The molecular weight excluding hydrogens is 390 g/mol. The highest BCUT2D eigenvalue weighted by Gasteiger charge is 2.26. The number of pyridine rings is 1. The van der Waals surface area contributed by atoms with Gasteiger partial charge in [-0.3, -0.25) is 0 Å². The molecule has 2 aliphatic rings. The minimum absolute atomic E-state index is 0.385. The molecule has 0 unspecified atom stereocenters. The van der Waals surface area contributed by atoms with Gasteiger partial charge in [-0.2, -0.15) is 10.2 Å². The maximum absolute atomic E-state index is 8.98. The van der Waals surface area contributed by atoms with E-state index in [1.54, 1.807) is 12.3 Å². The van der Waals surface area contributed by atoms with Crippen molar-refractivity contribution < 1.29 is 4.74 Å². The average Bonchev–Trinajstić information content (AvgIpc) is 2.79. The molecule has 0 amide bonds. The molecule has 9 heteroatoms. The molecule has 0 N–H and O–H groups in total. The van der Waals surface area contributed by atoms with Crippen molar-refractivity contribution in [2.75, 3.05) is 61.1 Å². The van der Waals surface area contributed by atoms with Crippen molar-refractivity contribution in [2.45, 2.75) is 18.9 Å². The standard InChI is InChI=1S/C20H24ClN7O/c1-26(18-2-5-23-20(25-18)28-8-10-29-11-9-28)16-3-6-27(7-4-16)19-17(21)12-15(13-22)14-24-19/h2,5,12,14,16H,3-4,6-11H2,1H3. The van der Waals surface area contributed by atoms with Gasteiger partial charge in [0.2, 0.25) is 5.95 Å². The Hall–Kier alpha value is -2.63. The number of aromatic nitrogens is 3. The minimum Gasteiger partial charge on any atom is -0.378 e. The van der Waals surface area contributed by atoms with Gasteiger partial charge in [-0.25, -0.2) is 9.97 Å². The summed E-state index contributed by atoms with van der Waals surface area (Å²) in [6, 6.07) is 6.10. The fourth-order valence-electron chi connectivity index (χ4n) is 3.83. The molecule has 0 spiro atoms. The molecule has 2 aliphatic heterocycles. The lowest BCUT2D eigenvalue weighted by atomic mass is 10.0. The zero-order chi connectivity index (χ0) is 20.2. The normalized spacial score (nSPS) is 17.8. The second-order valence-corrected chi connectivity index (χ2v) is 7.69. The van der Waals surface area contributed by atoms with Crippen LogP contribution in [0.2, 0.25) is 5.02 Å². The van der Waals surface area contributed by atoms with Gasteiger partial charge in [0.15, 0.2) is 0 Å². The monoisotopic (exact) mass is 413 g/mol. The summed E-state index contributed by atoms with van der Waals surface area (Å²) in [6.07, 6.45) is 5.36. The first-order valence-corrected chi connectivity index (χ1v) is 10.2. The molecule has 8 nitrogen and oxygen atoms in total. The first-order chi connectivity index (χ1) is 14.2. The van der Waals surface area contributed by atoms with E-state index in [4.69, 9.17) is 26.6 Å². The number of nitrogens with zero attached hydrogens (tertiary/aromatic N) is 7. The third kappa shape index (κ3) is 4.36. The predicted octanol–water partition coefficient (Wildman–Crippen LogP) is 2.34. The smallest absolute Gasteiger partial charge is 0.227 e. The Labute approximate surface area is 175 Å². The maximum Gasteiger partial charge on any atom is 0.227 e. The molecule has 2 aromatic rings. The summed E-state index contributed by atoms with van der Waals surface area (Å²) in [5, 5.41) is 9.51.